The van der Waals surface area contributed by atoms with Crippen molar-refractivity contribution in [2.24, 2.45) is 5.16 Å². The van der Waals surface area contributed by atoms with E-state index in [1.165, 1.54) is 6.21 Å². The van der Waals surface area contributed by atoms with Crippen LogP contribution in [0.15, 0.2) is 29.4 Å². The number of ether oxygens (including phenoxy) is 1. The van der Waals surface area contributed by atoms with Gasteiger partial charge in [-0.15, -0.1) is 0 Å². The zero-order valence-corrected chi connectivity index (χ0v) is 8.69. The SMILES string of the molecule is CC(C)(C)Oc1cccc(C=NO)c1. The second-order valence-corrected chi connectivity index (χ2v) is 4.03. The van der Waals surface area contributed by atoms with E-state index < -0.39 is 0 Å². The Morgan fingerprint density at radius 2 is 2.07 bits per heavy atom. The van der Waals surface area contributed by atoms with Crippen LogP contribution in [0.2, 0.25) is 0 Å². The van der Waals surface area contributed by atoms with E-state index in [1.54, 1.807) is 0 Å². The summed E-state index contributed by atoms with van der Waals surface area (Å²) in [6.07, 6.45) is 1.37. The summed E-state index contributed by atoms with van der Waals surface area (Å²) in [6.45, 7) is 5.96. The van der Waals surface area contributed by atoms with Gasteiger partial charge in [-0.3, -0.25) is 0 Å². The van der Waals surface area contributed by atoms with Crippen molar-refractivity contribution in [3.8, 4) is 5.75 Å². The van der Waals surface area contributed by atoms with Gasteiger partial charge in [0.05, 0.1) is 6.21 Å². The summed E-state index contributed by atoms with van der Waals surface area (Å²) in [5.74, 6) is 0.773. The summed E-state index contributed by atoms with van der Waals surface area (Å²) < 4.78 is 5.65. The zero-order chi connectivity index (χ0) is 10.6. The third kappa shape index (κ3) is 3.47. The van der Waals surface area contributed by atoms with E-state index in [-0.39, 0.29) is 5.60 Å². The maximum absolute atomic E-state index is 8.37. The molecule has 0 unspecified atom stereocenters. The largest absolute Gasteiger partial charge is 0.488 e. The van der Waals surface area contributed by atoms with Gasteiger partial charge in [-0.25, -0.2) is 0 Å². The molecule has 0 aliphatic rings. The first-order valence-corrected chi connectivity index (χ1v) is 4.48. The third-order valence-corrected chi connectivity index (χ3v) is 1.49. The lowest BCUT2D eigenvalue weighted by molar-refractivity contribution is 0.131. The highest BCUT2D eigenvalue weighted by Crippen LogP contribution is 2.18. The molecule has 0 fully saturated rings. The fourth-order valence-corrected chi connectivity index (χ4v) is 1.08. The normalized spacial score (nSPS) is 11.9. The molecular weight excluding hydrogens is 178 g/mol. The minimum atomic E-state index is -0.213. The molecule has 0 aliphatic heterocycles. The Morgan fingerprint density at radius 1 is 1.36 bits per heavy atom. The summed E-state index contributed by atoms with van der Waals surface area (Å²) in [5.41, 5.74) is 0.601. The molecular formula is C11H15NO2. The smallest absolute Gasteiger partial charge is 0.120 e. The van der Waals surface area contributed by atoms with Crippen molar-refractivity contribution in [2.75, 3.05) is 0 Å². The Hall–Kier alpha value is -1.51. The molecule has 0 heterocycles. The van der Waals surface area contributed by atoms with Gasteiger partial charge in [0.2, 0.25) is 0 Å². The minimum absolute atomic E-state index is 0.213. The molecule has 76 valence electrons. The van der Waals surface area contributed by atoms with Gasteiger partial charge >= 0.3 is 0 Å². The number of nitrogens with zero attached hydrogens (tertiary/aromatic N) is 1. The average Bonchev–Trinajstić information content (AvgIpc) is 2.02. The molecule has 0 amide bonds. The first-order valence-electron chi connectivity index (χ1n) is 4.48. The number of rotatable bonds is 2. The van der Waals surface area contributed by atoms with Crippen LogP contribution in [0.5, 0.6) is 5.75 Å². The number of benzene rings is 1. The fourth-order valence-electron chi connectivity index (χ4n) is 1.08. The molecule has 1 rings (SSSR count). The summed E-state index contributed by atoms with van der Waals surface area (Å²) in [4.78, 5) is 0. The lowest BCUT2D eigenvalue weighted by Gasteiger charge is -2.21. The van der Waals surface area contributed by atoms with Crippen LogP contribution in [0.3, 0.4) is 0 Å². The van der Waals surface area contributed by atoms with E-state index in [1.807, 2.05) is 45.0 Å². The van der Waals surface area contributed by atoms with E-state index in [2.05, 4.69) is 5.16 Å². The highest BCUT2D eigenvalue weighted by atomic mass is 16.5. The van der Waals surface area contributed by atoms with Crippen molar-refractivity contribution in [2.45, 2.75) is 26.4 Å². The standard InChI is InChI=1S/C11H15NO2/c1-11(2,3)14-10-6-4-5-9(7-10)8-12-13/h4-8,13H,1-3H3. The highest BCUT2D eigenvalue weighted by Gasteiger charge is 2.11. The molecule has 0 saturated heterocycles. The summed E-state index contributed by atoms with van der Waals surface area (Å²) >= 11 is 0. The Morgan fingerprint density at radius 3 is 2.64 bits per heavy atom. The van der Waals surface area contributed by atoms with Crippen molar-refractivity contribution in [3.63, 3.8) is 0 Å². The van der Waals surface area contributed by atoms with Crippen LogP contribution in [0.4, 0.5) is 0 Å². The molecule has 14 heavy (non-hydrogen) atoms. The molecule has 0 aliphatic carbocycles. The molecule has 0 aromatic heterocycles. The van der Waals surface area contributed by atoms with Gasteiger partial charge in [0, 0.05) is 0 Å². The van der Waals surface area contributed by atoms with E-state index in [0.29, 0.717) is 0 Å². The lowest BCUT2D eigenvalue weighted by Crippen LogP contribution is -2.22. The van der Waals surface area contributed by atoms with Crippen LogP contribution in [-0.2, 0) is 0 Å². The van der Waals surface area contributed by atoms with E-state index in [4.69, 9.17) is 9.94 Å². The van der Waals surface area contributed by atoms with Crippen molar-refractivity contribution in [3.05, 3.63) is 29.8 Å². The first kappa shape index (κ1) is 10.6. The maximum atomic E-state index is 8.37. The molecule has 3 heteroatoms. The molecule has 1 aromatic carbocycles. The predicted molar refractivity (Wildman–Crippen MR) is 56.2 cm³/mol. The van der Waals surface area contributed by atoms with E-state index in [9.17, 15) is 0 Å². The topological polar surface area (TPSA) is 41.8 Å². The molecule has 0 atom stereocenters. The van der Waals surface area contributed by atoms with Gasteiger partial charge in [0.15, 0.2) is 0 Å². The van der Waals surface area contributed by atoms with Gasteiger partial charge in [0.1, 0.15) is 11.4 Å². The Bertz CT molecular complexity index is 326. The predicted octanol–water partition coefficient (Wildman–Crippen LogP) is 2.67. The number of hydrogen-bond acceptors (Lipinski definition) is 3. The van der Waals surface area contributed by atoms with Crippen molar-refractivity contribution in [1.82, 2.24) is 0 Å². The van der Waals surface area contributed by atoms with Crippen LogP contribution in [0, 0.1) is 0 Å². The summed E-state index contributed by atoms with van der Waals surface area (Å²) in [5, 5.41) is 11.3. The lowest BCUT2D eigenvalue weighted by atomic mass is 10.2. The maximum Gasteiger partial charge on any atom is 0.120 e. The molecule has 1 N–H and O–H groups in total. The monoisotopic (exact) mass is 193 g/mol. The van der Waals surface area contributed by atoms with Crippen LogP contribution in [0.25, 0.3) is 0 Å². The minimum Gasteiger partial charge on any atom is -0.488 e. The number of oxime groups is 1. The first-order chi connectivity index (χ1) is 6.51. The van der Waals surface area contributed by atoms with Crippen LogP contribution in [-0.4, -0.2) is 17.0 Å². The zero-order valence-electron chi connectivity index (χ0n) is 8.69. The average molecular weight is 193 g/mol. The molecule has 0 radical (unpaired) electrons. The van der Waals surface area contributed by atoms with Crippen molar-refractivity contribution >= 4 is 6.21 Å². The highest BCUT2D eigenvalue weighted by molar-refractivity contribution is 5.79. The second-order valence-electron chi connectivity index (χ2n) is 4.03. The second kappa shape index (κ2) is 4.13. The fraction of sp³-hybridized carbons (Fsp3) is 0.364. The van der Waals surface area contributed by atoms with Gasteiger partial charge < -0.3 is 9.94 Å². The van der Waals surface area contributed by atoms with E-state index in [0.717, 1.165) is 11.3 Å². The van der Waals surface area contributed by atoms with Crippen LogP contribution < -0.4 is 4.74 Å². The molecule has 3 nitrogen and oxygen atoms in total. The van der Waals surface area contributed by atoms with E-state index >= 15 is 0 Å². The molecule has 0 spiro atoms. The summed E-state index contributed by atoms with van der Waals surface area (Å²) in [6, 6.07) is 7.40. The van der Waals surface area contributed by atoms with Gasteiger partial charge in [0.25, 0.3) is 0 Å². The van der Waals surface area contributed by atoms with Gasteiger partial charge in [-0.05, 0) is 38.5 Å². The number of hydrogen-bond donors (Lipinski definition) is 1. The molecule has 1 aromatic rings. The Kier molecular flexibility index (Phi) is 3.12. The van der Waals surface area contributed by atoms with Gasteiger partial charge in [-0.2, -0.15) is 0 Å². The Balaban J connectivity index is 2.84. The molecule has 0 bridgehead atoms. The van der Waals surface area contributed by atoms with Gasteiger partial charge in [-0.1, -0.05) is 17.3 Å². The molecule has 0 saturated carbocycles. The van der Waals surface area contributed by atoms with Crippen molar-refractivity contribution < 1.29 is 9.94 Å². The Labute approximate surface area is 84.0 Å². The summed E-state index contributed by atoms with van der Waals surface area (Å²) in [7, 11) is 0. The van der Waals surface area contributed by atoms with Crippen LogP contribution >= 0.6 is 0 Å². The quantitative estimate of drug-likeness (QED) is 0.445. The van der Waals surface area contributed by atoms with Crippen molar-refractivity contribution in [1.29, 1.82) is 0 Å². The third-order valence-electron chi connectivity index (χ3n) is 1.49. The van der Waals surface area contributed by atoms with Crippen LogP contribution in [0.1, 0.15) is 26.3 Å².